The molecule has 0 aliphatic rings. The lowest BCUT2D eigenvalue weighted by Gasteiger charge is -2.00. The first kappa shape index (κ1) is 10.0. The predicted molar refractivity (Wildman–Crippen MR) is 52.5 cm³/mol. The molecule has 2 rings (SSSR count). The summed E-state index contributed by atoms with van der Waals surface area (Å²) in [5.41, 5.74) is -1.89. The van der Waals surface area contributed by atoms with E-state index in [-0.39, 0.29) is 22.6 Å². The number of rotatable bonds is 1. The number of hydrogen-bond acceptors (Lipinski definition) is 5. The standard InChI is InChI=1S/C8H6N4O4/c1-2-3(7(14)15)10-5-4(9-2)6(13)12-8(16)11-5/h1H3,(H,14,15)(H2,10,11,12,13,16). The molecule has 2 aromatic rings. The molecule has 0 aromatic carbocycles. The molecule has 0 bridgehead atoms. The number of fused-ring (bicyclic) bond motifs is 1. The highest BCUT2D eigenvalue weighted by Crippen LogP contribution is 2.05. The van der Waals surface area contributed by atoms with E-state index in [1.165, 1.54) is 6.92 Å². The van der Waals surface area contributed by atoms with E-state index in [1.54, 1.807) is 0 Å². The Balaban J connectivity index is 2.95. The zero-order chi connectivity index (χ0) is 11.9. The molecule has 0 saturated heterocycles. The minimum Gasteiger partial charge on any atom is -0.476 e. The minimum absolute atomic E-state index is 0.0953. The van der Waals surface area contributed by atoms with E-state index in [4.69, 9.17) is 5.11 Å². The maximum atomic E-state index is 11.3. The monoisotopic (exact) mass is 222 g/mol. The van der Waals surface area contributed by atoms with E-state index in [0.29, 0.717) is 0 Å². The van der Waals surface area contributed by atoms with Crippen molar-refractivity contribution in [2.45, 2.75) is 6.92 Å². The molecule has 0 aliphatic heterocycles. The molecule has 2 heterocycles. The molecular weight excluding hydrogens is 216 g/mol. The highest BCUT2D eigenvalue weighted by Gasteiger charge is 2.14. The average molecular weight is 222 g/mol. The summed E-state index contributed by atoms with van der Waals surface area (Å²) in [5, 5.41) is 8.78. The van der Waals surface area contributed by atoms with Crippen LogP contribution in [0.4, 0.5) is 0 Å². The third kappa shape index (κ3) is 1.45. The van der Waals surface area contributed by atoms with Crippen LogP contribution in [0.5, 0.6) is 0 Å². The van der Waals surface area contributed by atoms with Gasteiger partial charge in [0.15, 0.2) is 16.9 Å². The first-order chi connectivity index (χ1) is 7.49. The van der Waals surface area contributed by atoms with Crippen molar-refractivity contribution >= 4 is 17.1 Å². The molecule has 0 unspecified atom stereocenters. The second kappa shape index (κ2) is 3.26. The molecule has 0 saturated carbocycles. The van der Waals surface area contributed by atoms with Gasteiger partial charge in [0.1, 0.15) is 0 Å². The Morgan fingerprint density at radius 2 is 1.94 bits per heavy atom. The molecule has 8 heteroatoms. The minimum atomic E-state index is -1.27. The van der Waals surface area contributed by atoms with Gasteiger partial charge in [-0.15, -0.1) is 0 Å². The predicted octanol–water partition coefficient (Wildman–Crippen LogP) is -0.987. The summed E-state index contributed by atoms with van der Waals surface area (Å²) in [6.07, 6.45) is 0. The fourth-order valence-electron chi connectivity index (χ4n) is 1.27. The lowest BCUT2D eigenvalue weighted by atomic mass is 10.3. The Kier molecular flexibility index (Phi) is 2.04. The van der Waals surface area contributed by atoms with E-state index >= 15 is 0 Å². The number of aromatic carboxylic acids is 1. The summed E-state index contributed by atoms with van der Waals surface area (Å²) in [5.74, 6) is -1.27. The first-order valence-electron chi connectivity index (χ1n) is 4.23. The molecule has 0 spiro atoms. The fourth-order valence-corrected chi connectivity index (χ4v) is 1.27. The zero-order valence-electron chi connectivity index (χ0n) is 8.07. The number of carboxylic acid groups (broad SMARTS) is 1. The van der Waals surface area contributed by atoms with Crippen LogP contribution in [0.15, 0.2) is 9.59 Å². The highest BCUT2D eigenvalue weighted by molar-refractivity contribution is 5.88. The summed E-state index contributed by atoms with van der Waals surface area (Å²) in [6.45, 7) is 1.42. The highest BCUT2D eigenvalue weighted by atomic mass is 16.4. The Bertz CT molecular complexity index is 699. The summed E-state index contributed by atoms with van der Waals surface area (Å²) in [7, 11) is 0. The largest absolute Gasteiger partial charge is 0.476 e. The number of carboxylic acids is 1. The number of aromatic amines is 2. The van der Waals surface area contributed by atoms with Gasteiger partial charge in [-0.25, -0.2) is 19.6 Å². The zero-order valence-corrected chi connectivity index (χ0v) is 8.07. The Morgan fingerprint density at radius 1 is 1.25 bits per heavy atom. The normalized spacial score (nSPS) is 10.6. The van der Waals surface area contributed by atoms with Gasteiger partial charge in [-0.2, -0.15) is 0 Å². The maximum absolute atomic E-state index is 11.3. The van der Waals surface area contributed by atoms with E-state index in [1.807, 2.05) is 4.98 Å². The molecule has 0 fully saturated rings. The molecule has 3 N–H and O–H groups in total. The third-order valence-corrected chi connectivity index (χ3v) is 1.95. The molecule has 8 nitrogen and oxygen atoms in total. The fraction of sp³-hybridized carbons (Fsp3) is 0.125. The van der Waals surface area contributed by atoms with Gasteiger partial charge in [0, 0.05) is 0 Å². The summed E-state index contributed by atoms with van der Waals surface area (Å²) in [6, 6.07) is 0. The van der Waals surface area contributed by atoms with Crippen LogP contribution in [-0.4, -0.2) is 31.0 Å². The van der Waals surface area contributed by atoms with Gasteiger partial charge in [0.05, 0.1) is 5.69 Å². The van der Waals surface area contributed by atoms with Gasteiger partial charge in [0.25, 0.3) is 5.56 Å². The van der Waals surface area contributed by atoms with Crippen LogP contribution in [-0.2, 0) is 0 Å². The van der Waals surface area contributed by atoms with Gasteiger partial charge in [0.2, 0.25) is 0 Å². The van der Waals surface area contributed by atoms with Crippen LogP contribution in [0.3, 0.4) is 0 Å². The quantitative estimate of drug-likeness (QED) is 0.568. The Hall–Kier alpha value is -2.51. The van der Waals surface area contributed by atoms with Crippen molar-refractivity contribution in [3.63, 3.8) is 0 Å². The summed E-state index contributed by atoms with van der Waals surface area (Å²) >= 11 is 0. The van der Waals surface area contributed by atoms with Crippen molar-refractivity contribution in [1.82, 2.24) is 19.9 Å². The molecule has 82 valence electrons. The molecule has 2 aromatic heterocycles. The smallest absolute Gasteiger partial charge is 0.356 e. The lowest BCUT2D eigenvalue weighted by molar-refractivity contribution is 0.0689. The Labute approximate surface area is 87.0 Å². The molecule has 0 atom stereocenters. The van der Waals surface area contributed by atoms with Gasteiger partial charge in [-0.3, -0.25) is 14.8 Å². The van der Waals surface area contributed by atoms with Crippen molar-refractivity contribution in [1.29, 1.82) is 0 Å². The van der Waals surface area contributed by atoms with E-state index in [0.717, 1.165) is 0 Å². The molecule has 16 heavy (non-hydrogen) atoms. The number of carbonyl (C=O) groups is 1. The van der Waals surface area contributed by atoms with E-state index < -0.39 is 17.2 Å². The number of hydrogen-bond donors (Lipinski definition) is 3. The molecule has 0 aliphatic carbocycles. The second-order valence-electron chi connectivity index (χ2n) is 3.07. The van der Waals surface area contributed by atoms with E-state index in [9.17, 15) is 14.4 Å². The number of nitrogens with zero attached hydrogens (tertiary/aromatic N) is 2. The molecular formula is C8H6N4O4. The Morgan fingerprint density at radius 3 is 2.56 bits per heavy atom. The lowest BCUT2D eigenvalue weighted by Crippen LogP contribution is -2.24. The van der Waals surface area contributed by atoms with E-state index in [2.05, 4.69) is 15.0 Å². The van der Waals surface area contributed by atoms with Gasteiger partial charge in [-0.1, -0.05) is 0 Å². The number of nitrogens with one attached hydrogen (secondary N) is 2. The maximum Gasteiger partial charge on any atom is 0.356 e. The number of H-pyrrole nitrogens is 2. The van der Waals surface area contributed by atoms with Crippen molar-refractivity contribution in [2.75, 3.05) is 0 Å². The van der Waals surface area contributed by atoms with Crippen molar-refractivity contribution in [3.8, 4) is 0 Å². The van der Waals surface area contributed by atoms with Crippen molar-refractivity contribution in [3.05, 3.63) is 32.2 Å². The van der Waals surface area contributed by atoms with Crippen molar-refractivity contribution < 1.29 is 9.90 Å². The SMILES string of the molecule is Cc1nc2c(=O)[nH]c(=O)[nH]c2nc1C(=O)O. The third-order valence-electron chi connectivity index (χ3n) is 1.95. The number of aromatic nitrogens is 4. The van der Waals surface area contributed by atoms with Crippen LogP contribution in [0.25, 0.3) is 11.2 Å². The summed E-state index contributed by atoms with van der Waals surface area (Å²) < 4.78 is 0. The van der Waals surface area contributed by atoms with Gasteiger partial charge < -0.3 is 5.11 Å². The average Bonchev–Trinajstić information content (AvgIpc) is 2.18. The topological polar surface area (TPSA) is 129 Å². The van der Waals surface area contributed by atoms with Crippen LogP contribution < -0.4 is 11.2 Å². The van der Waals surface area contributed by atoms with Gasteiger partial charge >= 0.3 is 11.7 Å². The van der Waals surface area contributed by atoms with Crippen molar-refractivity contribution in [2.24, 2.45) is 0 Å². The summed E-state index contributed by atoms with van der Waals surface area (Å²) in [4.78, 5) is 44.6. The van der Waals surface area contributed by atoms with Crippen LogP contribution in [0.1, 0.15) is 16.2 Å². The number of aryl methyl sites for hydroxylation is 1. The molecule has 0 amide bonds. The van der Waals surface area contributed by atoms with Gasteiger partial charge in [-0.05, 0) is 6.92 Å². The van der Waals surface area contributed by atoms with Crippen LogP contribution in [0.2, 0.25) is 0 Å². The first-order valence-corrected chi connectivity index (χ1v) is 4.23. The van der Waals surface area contributed by atoms with Crippen LogP contribution >= 0.6 is 0 Å². The van der Waals surface area contributed by atoms with Crippen LogP contribution in [0, 0.1) is 6.92 Å². The molecule has 0 radical (unpaired) electrons. The second-order valence-corrected chi connectivity index (χ2v) is 3.07.